The Hall–Kier alpha value is -3.23. The van der Waals surface area contributed by atoms with E-state index in [0.717, 1.165) is 31.2 Å². The molecular weight excluding hydrogens is 455 g/mol. The molecule has 2 N–H and O–H groups in total. The van der Waals surface area contributed by atoms with Crippen LogP contribution in [0.1, 0.15) is 24.0 Å². The van der Waals surface area contributed by atoms with Gasteiger partial charge in [0.2, 0.25) is 10.0 Å². The molecule has 0 aromatic heterocycles. The highest BCUT2D eigenvalue weighted by atomic mass is 32.2. The summed E-state index contributed by atoms with van der Waals surface area (Å²) >= 11 is 0. The molecule has 2 aliphatic carbocycles. The molecule has 0 saturated heterocycles. The van der Waals surface area contributed by atoms with Crippen molar-refractivity contribution in [3.8, 4) is 5.75 Å². The van der Waals surface area contributed by atoms with E-state index in [0.29, 0.717) is 5.69 Å². The van der Waals surface area contributed by atoms with Gasteiger partial charge in [-0.25, -0.2) is 22.3 Å². The molecule has 1 saturated carbocycles. The average Bonchev–Trinajstić information content (AvgIpc) is 3.09. The molecule has 3 aromatic carbocycles. The van der Waals surface area contributed by atoms with Crippen molar-refractivity contribution < 1.29 is 22.3 Å². The first-order chi connectivity index (χ1) is 16.4. The zero-order valence-electron chi connectivity index (χ0n) is 18.4. The van der Waals surface area contributed by atoms with Crippen LogP contribution in [0.2, 0.25) is 0 Å². The second-order valence-corrected chi connectivity index (χ2v) is 10.6. The van der Waals surface area contributed by atoms with Gasteiger partial charge in [0.15, 0.2) is 0 Å². The Labute approximate surface area is 198 Å². The number of halogens is 1. The summed E-state index contributed by atoms with van der Waals surface area (Å²) in [5.74, 6) is 0.259. The number of benzene rings is 3. The van der Waals surface area contributed by atoms with Gasteiger partial charge < -0.3 is 4.74 Å². The molecule has 0 aliphatic heterocycles. The van der Waals surface area contributed by atoms with Gasteiger partial charge in [-0.1, -0.05) is 24.3 Å². The van der Waals surface area contributed by atoms with Gasteiger partial charge in [-0.3, -0.25) is 5.32 Å². The molecule has 6 nitrogen and oxygen atoms in total. The molecule has 0 spiro atoms. The molecule has 5 rings (SSSR count). The lowest BCUT2D eigenvalue weighted by molar-refractivity contribution is 0.215. The monoisotopic (exact) mass is 480 g/mol. The Morgan fingerprint density at radius 3 is 2.26 bits per heavy atom. The predicted molar refractivity (Wildman–Crippen MR) is 127 cm³/mol. The maximum absolute atomic E-state index is 13.0. The molecule has 0 heterocycles. The third kappa shape index (κ3) is 4.83. The number of hydrogen-bond acceptors (Lipinski definition) is 4. The molecule has 0 radical (unpaired) electrons. The van der Waals surface area contributed by atoms with Crippen LogP contribution >= 0.6 is 0 Å². The zero-order chi connectivity index (χ0) is 23.7. The van der Waals surface area contributed by atoms with Crippen LogP contribution in [0.4, 0.5) is 14.9 Å². The fourth-order valence-corrected chi connectivity index (χ4v) is 6.48. The molecule has 1 fully saturated rings. The fraction of sp³-hybridized carbons (Fsp3) is 0.269. The third-order valence-electron chi connectivity index (χ3n) is 6.71. The summed E-state index contributed by atoms with van der Waals surface area (Å²) in [7, 11) is -3.59. The number of carbonyl (C=O) groups is 1. The van der Waals surface area contributed by atoms with Crippen LogP contribution in [0.5, 0.6) is 5.75 Å². The van der Waals surface area contributed by atoms with Crippen LogP contribution in [0, 0.1) is 17.7 Å². The van der Waals surface area contributed by atoms with Crippen molar-refractivity contribution in [3.63, 3.8) is 0 Å². The highest BCUT2D eigenvalue weighted by Crippen LogP contribution is 2.41. The van der Waals surface area contributed by atoms with Gasteiger partial charge in [-0.15, -0.1) is 0 Å². The van der Waals surface area contributed by atoms with Gasteiger partial charge in [0.1, 0.15) is 11.6 Å². The lowest BCUT2D eigenvalue weighted by Gasteiger charge is -2.23. The Kier molecular flexibility index (Phi) is 6.10. The highest BCUT2D eigenvalue weighted by molar-refractivity contribution is 7.89. The number of fused-ring (bicyclic) bond motifs is 3. The van der Waals surface area contributed by atoms with E-state index in [4.69, 9.17) is 4.74 Å². The van der Waals surface area contributed by atoms with Crippen molar-refractivity contribution in [3.05, 3.63) is 89.7 Å². The lowest BCUT2D eigenvalue weighted by Crippen LogP contribution is -2.41. The molecule has 3 unspecified atom stereocenters. The van der Waals surface area contributed by atoms with Crippen molar-refractivity contribution in [2.45, 2.75) is 36.6 Å². The Morgan fingerprint density at radius 2 is 1.56 bits per heavy atom. The summed E-state index contributed by atoms with van der Waals surface area (Å²) in [6, 6.07) is 19.3. The molecule has 3 atom stereocenters. The van der Waals surface area contributed by atoms with E-state index in [9.17, 15) is 17.6 Å². The Balaban J connectivity index is 1.29. The van der Waals surface area contributed by atoms with Gasteiger partial charge in [-0.2, -0.15) is 0 Å². The van der Waals surface area contributed by atoms with E-state index in [1.807, 2.05) is 18.2 Å². The van der Waals surface area contributed by atoms with Crippen LogP contribution in [0.25, 0.3) is 0 Å². The van der Waals surface area contributed by atoms with Crippen LogP contribution < -0.4 is 14.8 Å². The third-order valence-corrected chi connectivity index (χ3v) is 8.19. The summed E-state index contributed by atoms with van der Waals surface area (Å²) < 4.78 is 47.1. The van der Waals surface area contributed by atoms with E-state index in [-0.39, 0.29) is 28.5 Å². The first-order valence-electron chi connectivity index (χ1n) is 11.3. The minimum atomic E-state index is -3.59. The summed E-state index contributed by atoms with van der Waals surface area (Å²) in [6.45, 7) is 0. The number of ether oxygens (including phenoxy) is 1. The predicted octanol–water partition coefficient (Wildman–Crippen LogP) is 4.91. The van der Waals surface area contributed by atoms with E-state index < -0.39 is 21.9 Å². The van der Waals surface area contributed by atoms with E-state index in [1.165, 1.54) is 29.8 Å². The van der Waals surface area contributed by atoms with Crippen molar-refractivity contribution in [1.29, 1.82) is 0 Å². The fourth-order valence-electron chi connectivity index (χ4n) is 5.08. The van der Waals surface area contributed by atoms with Crippen LogP contribution in [0.3, 0.4) is 0 Å². The first-order valence-corrected chi connectivity index (χ1v) is 12.8. The van der Waals surface area contributed by atoms with Gasteiger partial charge >= 0.3 is 6.09 Å². The van der Waals surface area contributed by atoms with E-state index in [2.05, 4.69) is 10.0 Å². The van der Waals surface area contributed by atoms with Gasteiger partial charge in [0.05, 0.1) is 4.90 Å². The second-order valence-electron chi connectivity index (χ2n) is 8.92. The largest absolute Gasteiger partial charge is 0.417 e. The van der Waals surface area contributed by atoms with Crippen molar-refractivity contribution in [1.82, 2.24) is 4.72 Å². The normalized spacial score (nSPS) is 21.4. The van der Waals surface area contributed by atoms with Crippen molar-refractivity contribution in [2.75, 3.05) is 5.32 Å². The van der Waals surface area contributed by atoms with Crippen LogP contribution in [0.15, 0.2) is 77.7 Å². The molecule has 3 aromatic rings. The molecule has 176 valence electrons. The molecule has 2 aliphatic rings. The topological polar surface area (TPSA) is 84.5 Å². The van der Waals surface area contributed by atoms with Crippen LogP contribution in [-0.4, -0.2) is 20.6 Å². The smallest absolute Gasteiger partial charge is 0.410 e. The molecular formula is C26H25FN2O4S. The Morgan fingerprint density at radius 1 is 0.882 bits per heavy atom. The number of amides is 1. The summed E-state index contributed by atoms with van der Waals surface area (Å²) in [5.41, 5.74) is 2.88. The van der Waals surface area contributed by atoms with Crippen molar-refractivity contribution in [2.24, 2.45) is 11.8 Å². The van der Waals surface area contributed by atoms with Gasteiger partial charge in [0, 0.05) is 11.7 Å². The van der Waals surface area contributed by atoms with Gasteiger partial charge in [0.25, 0.3) is 0 Å². The summed E-state index contributed by atoms with van der Waals surface area (Å²) in [4.78, 5) is 12.5. The number of nitrogens with one attached hydrogen (secondary N) is 2. The Bertz CT molecular complexity index is 1300. The van der Waals surface area contributed by atoms with E-state index >= 15 is 0 Å². The highest BCUT2D eigenvalue weighted by Gasteiger charge is 2.41. The number of hydrogen-bond donors (Lipinski definition) is 2. The maximum Gasteiger partial charge on any atom is 0.417 e. The minimum absolute atomic E-state index is 0.127. The minimum Gasteiger partial charge on any atom is -0.410 e. The summed E-state index contributed by atoms with van der Waals surface area (Å²) in [5, 5.41) is 2.72. The molecule has 8 heteroatoms. The summed E-state index contributed by atoms with van der Waals surface area (Å²) in [6.07, 6.45) is 2.80. The first kappa shape index (κ1) is 22.6. The average molecular weight is 481 g/mol. The SMILES string of the molecule is O=C(Nc1ccc2c(c1)CC1CCC(C2)C1NS(=O)(=O)c1ccccc1)Oc1ccc(F)cc1. The number of sulfonamides is 1. The quantitative estimate of drug-likeness (QED) is 0.544. The zero-order valence-corrected chi connectivity index (χ0v) is 19.2. The second kappa shape index (κ2) is 9.19. The standard InChI is InChI=1S/C26H25FN2O4S/c27-21-9-12-23(13-10-21)33-26(30)28-22-11-8-17-14-18-6-7-19(15-20(17)16-22)25(18)29-34(31,32)24-4-2-1-3-5-24/h1-5,8-13,16,18-19,25,29H,6-7,14-15H2,(H,28,30). The van der Waals surface area contributed by atoms with Crippen LogP contribution in [-0.2, 0) is 22.9 Å². The van der Waals surface area contributed by atoms with E-state index in [1.54, 1.807) is 30.3 Å². The number of anilines is 1. The number of carbonyl (C=O) groups excluding carboxylic acids is 1. The molecule has 1 amide bonds. The maximum atomic E-state index is 13.0. The van der Waals surface area contributed by atoms with Gasteiger partial charge in [-0.05, 0) is 97.2 Å². The molecule has 2 bridgehead atoms. The van der Waals surface area contributed by atoms with Crippen molar-refractivity contribution >= 4 is 21.8 Å². The number of rotatable bonds is 5. The molecule has 34 heavy (non-hydrogen) atoms. The lowest BCUT2D eigenvalue weighted by atomic mass is 9.93.